The van der Waals surface area contributed by atoms with Gasteiger partial charge in [-0.25, -0.2) is 0 Å². The van der Waals surface area contributed by atoms with Crippen molar-refractivity contribution in [3.8, 4) is 0 Å². The minimum Gasteiger partial charge on any atom is -0.376 e. The van der Waals surface area contributed by atoms with Gasteiger partial charge in [-0.05, 0) is 43.0 Å². The summed E-state index contributed by atoms with van der Waals surface area (Å²) in [5.41, 5.74) is 2.58. The topological polar surface area (TPSA) is 71.0 Å². The number of benzodiazepines with no additional fused rings is 1. The van der Waals surface area contributed by atoms with Crippen LogP contribution < -0.4 is 10.2 Å². The van der Waals surface area contributed by atoms with Gasteiger partial charge in [0.05, 0.1) is 17.5 Å². The monoisotopic (exact) mass is 501 g/mol. The first-order valence-corrected chi connectivity index (χ1v) is 12.5. The number of nitrogens with one attached hydrogen (secondary N) is 1. The van der Waals surface area contributed by atoms with Gasteiger partial charge in [0.15, 0.2) is 0 Å². The predicted octanol–water partition coefficient (Wildman–Crippen LogP) is 4.89. The van der Waals surface area contributed by atoms with Gasteiger partial charge in [-0.3, -0.25) is 14.6 Å². The zero-order chi connectivity index (χ0) is 24.2. The second-order valence-corrected chi connectivity index (χ2v) is 9.66. The molecular weight excluding hydrogens is 473 g/mol. The fraction of sp³-hybridized carbons (Fsp3) is 0.423. The number of hydrogen-bond acceptors (Lipinski definition) is 4. The summed E-state index contributed by atoms with van der Waals surface area (Å²) >= 11 is 12.9. The summed E-state index contributed by atoms with van der Waals surface area (Å²) in [6.45, 7) is 5.06. The summed E-state index contributed by atoms with van der Waals surface area (Å²) < 4.78 is 5.60. The largest absolute Gasteiger partial charge is 0.376 e. The third-order valence-electron chi connectivity index (χ3n) is 6.46. The molecule has 2 amide bonds. The SMILES string of the molecule is CCC(C)C1N=C(c2ccccc2Cl)c2cc(Cl)ccc2N(CC(=O)NCC2CCCO2)C1=O. The second kappa shape index (κ2) is 10.9. The van der Waals surface area contributed by atoms with Crippen LogP contribution in [0.3, 0.4) is 0 Å². The van der Waals surface area contributed by atoms with Crippen LogP contribution in [0.15, 0.2) is 47.5 Å². The van der Waals surface area contributed by atoms with Crippen LogP contribution >= 0.6 is 23.2 Å². The Bertz CT molecular complexity index is 1100. The highest BCUT2D eigenvalue weighted by Gasteiger charge is 2.36. The third kappa shape index (κ3) is 5.29. The molecule has 0 radical (unpaired) electrons. The van der Waals surface area contributed by atoms with Gasteiger partial charge in [-0.15, -0.1) is 0 Å². The van der Waals surface area contributed by atoms with E-state index in [9.17, 15) is 9.59 Å². The molecule has 1 saturated heterocycles. The van der Waals surface area contributed by atoms with E-state index in [0.717, 1.165) is 31.4 Å². The zero-order valence-electron chi connectivity index (χ0n) is 19.4. The van der Waals surface area contributed by atoms with E-state index in [1.54, 1.807) is 24.3 Å². The number of hydrogen-bond donors (Lipinski definition) is 1. The van der Waals surface area contributed by atoms with Crippen molar-refractivity contribution in [2.45, 2.75) is 45.3 Å². The molecule has 2 aliphatic heterocycles. The lowest BCUT2D eigenvalue weighted by molar-refractivity contribution is -0.125. The Labute approximate surface area is 210 Å². The summed E-state index contributed by atoms with van der Waals surface area (Å²) in [5.74, 6) is -0.492. The molecule has 2 heterocycles. The first-order chi connectivity index (χ1) is 16.4. The predicted molar refractivity (Wildman–Crippen MR) is 136 cm³/mol. The lowest BCUT2D eigenvalue weighted by Crippen LogP contribution is -2.47. The maximum atomic E-state index is 13.8. The number of halogens is 2. The molecule has 180 valence electrons. The van der Waals surface area contributed by atoms with E-state index in [0.29, 0.717) is 33.6 Å². The molecule has 0 aliphatic carbocycles. The van der Waals surface area contributed by atoms with Gasteiger partial charge < -0.3 is 15.0 Å². The number of nitrogens with zero attached hydrogens (tertiary/aromatic N) is 2. The third-order valence-corrected chi connectivity index (χ3v) is 7.02. The van der Waals surface area contributed by atoms with Gasteiger partial charge in [0.2, 0.25) is 5.91 Å². The van der Waals surface area contributed by atoms with Gasteiger partial charge in [-0.1, -0.05) is 61.7 Å². The number of fused-ring (bicyclic) bond motifs is 1. The Morgan fingerprint density at radius 2 is 2.03 bits per heavy atom. The van der Waals surface area contributed by atoms with Crippen LogP contribution in [0.1, 0.15) is 44.2 Å². The minimum atomic E-state index is -0.659. The maximum absolute atomic E-state index is 13.8. The van der Waals surface area contributed by atoms with Gasteiger partial charge >= 0.3 is 0 Å². The van der Waals surface area contributed by atoms with Crippen molar-refractivity contribution in [2.24, 2.45) is 10.9 Å². The van der Waals surface area contributed by atoms with Crippen molar-refractivity contribution in [1.29, 1.82) is 0 Å². The molecule has 3 unspecified atom stereocenters. The smallest absolute Gasteiger partial charge is 0.252 e. The van der Waals surface area contributed by atoms with Crippen LogP contribution in [0.25, 0.3) is 0 Å². The molecule has 6 nitrogen and oxygen atoms in total. The number of ether oxygens (including phenoxy) is 1. The Kier molecular flexibility index (Phi) is 7.91. The molecule has 2 aliphatic rings. The molecule has 0 saturated carbocycles. The van der Waals surface area contributed by atoms with Crippen LogP contribution in [0, 0.1) is 5.92 Å². The Morgan fingerprint density at radius 1 is 1.24 bits per heavy atom. The molecular formula is C26H29Cl2N3O3. The highest BCUT2D eigenvalue weighted by Crippen LogP contribution is 2.34. The van der Waals surface area contributed by atoms with Crippen molar-refractivity contribution in [2.75, 3.05) is 24.6 Å². The van der Waals surface area contributed by atoms with Crippen molar-refractivity contribution in [3.05, 3.63) is 63.6 Å². The van der Waals surface area contributed by atoms with Gasteiger partial charge in [-0.2, -0.15) is 0 Å². The van der Waals surface area contributed by atoms with E-state index in [-0.39, 0.29) is 30.4 Å². The van der Waals surface area contributed by atoms with Gasteiger partial charge in [0, 0.05) is 34.3 Å². The van der Waals surface area contributed by atoms with E-state index in [1.807, 2.05) is 32.0 Å². The van der Waals surface area contributed by atoms with E-state index < -0.39 is 6.04 Å². The molecule has 3 atom stereocenters. The maximum Gasteiger partial charge on any atom is 0.252 e. The first-order valence-electron chi connectivity index (χ1n) is 11.7. The molecule has 8 heteroatoms. The van der Waals surface area contributed by atoms with Crippen molar-refractivity contribution in [3.63, 3.8) is 0 Å². The summed E-state index contributed by atoms with van der Waals surface area (Å²) in [7, 11) is 0. The van der Waals surface area contributed by atoms with Crippen LogP contribution in [-0.4, -0.2) is 49.4 Å². The fourth-order valence-electron chi connectivity index (χ4n) is 4.33. The van der Waals surface area contributed by atoms with Crippen LogP contribution in [0.4, 0.5) is 5.69 Å². The van der Waals surface area contributed by atoms with Crippen LogP contribution in [0.2, 0.25) is 10.0 Å². The lowest BCUT2D eigenvalue weighted by atomic mass is 9.97. The molecule has 2 aromatic carbocycles. The lowest BCUT2D eigenvalue weighted by Gasteiger charge is -2.27. The molecule has 0 spiro atoms. The quantitative estimate of drug-likeness (QED) is 0.587. The molecule has 0 bridgehead atoms. The number of rotatable bonds is 7. The van der Waals surface area contributed by atoms with E-state index >= 15 is 0 Å². The van der Waals surface area contributed by atoms with Crippen LogP contribution in [-0.2, 0) is 14.3 Å². The Morgan fingerprint density at radius 3 is 2.74 bits per heavy atom. The van der Waals surface area contributed by atoms with Crippen molar-refractivity contribution in [1.82, 2.24) is 5.32 Å². The molecule has 4 rings (SSSR count). The van der Waals surface area contributed by atoms with E-state index in [2.05, 4.69) is 5.32 Å². The van der Waals surface area contributed by atoms with Crippen molar-refractivity contribution < 1.29 is 14.3 Å². The Balaban J connectivity index is 1.74. The number of carbonyl (C=O) groups excluding carboxylic acids is 2. The van der Waals surface area contributed by atoms with E-state index in [4.69, 9.17) is 32.9 Å². The highest BCUT2D eigenvalue weighted by molar-refractivity contribution is 6.37. The minimum absolute atomic E-state index is 0.0258. The molecule has 34 heavy (non-hydrogen) atoms. The average molecular weight is 502 g/mol. The van der Waals surface area contributed by atoms with Gasteiger partial charge in [0.25, 0.3) is 5.91 Å². The molecule has 0 aromatic heterocycles. The standard InChI is InChI=1S/C26H29Cl2N3O3/c1-3-16(2)24-26(33)31(15-23(32)29-14-18-7-6-12-34-18)22-11-10-17(27)13-20(22)25(30-24)19-8-4-5-9-21(19)28/h4-5,8-11,13,16,18,24H,3,6-7,12,14-15H2,1-2H3,(H,29,32). The van der Waals surface area contributed by atoms with Crippen LogP contribution in [0.5, 0.6) is 0 Å². The number of benzene rings is 2. The summed E-state index contributed by atoms with van der Waals surface area (Å²) in [6.07, 6.45) is 2.71. The van der Waals surface area contributed by atoms with Gasteiger partial charge in [0.1, 0.15) is 12.6 Å². The first kappa shape index (κ1) is 24.7. The number of anilines is 1. The second-order valence-electron chi connectivity index (χ2n) is 8.81. The summed E-state index contributed by atoms with van der Waals surface area (Å²) in [5, 5.41) is 3.97. The van der Waals surface area contributed by atoms with Crippen molar-refractivity contribution >= 4 is 46.4 Å². The molecule has 1 N–H and O–H groups in total. The summed E-state index contributed by atoms with van der Waals surface area (Å²) in [4.78, 5) is 33.2. The van der Waals surface area contributed by atoms with E-state index in [1.165, 1.54) is 4.90 Å². The number of aliphatic imine (C=N–C) groups is 1. The zero-order valence-corrected chi connectivity index (χ0v) is 20.9. The Hall–Kier alpha value is -2.41. The average Bonchev–Trinajstić information content (AvgIpc) is 3.32. The number of amides is 2. The number of carbonyl (C=O) groups is 2. The molecule has 2 aromatic rings. The normalized spacial score (nSPS) is 21.0. The fourth-order valence-corrected chi connectivity index (χ4v) is 4.73. The molecule has 1 fully saturated rings. The highest BCUT2D eigenvalue weighted by atomic mass is 35.5. The summed E-state index contributed by atoms with van der Waals surface area (Å²) in [6, 6.07) is 12.0.